The summed E-state index contributed by atoms with van der Waals surface area (Å²) >= 11 is 0. The van der Waals surface area contributed by atoms with Crippen LogP contribution in [0.3, 0.4) is 0 Å². The number of hydrogen-bond donors (Lipinski definition) is 1. The minimum Gasteiger partial charge on any atom is -0.395 e. The Balaban J connectivity index is 0. The molecule has 0 aliphatic carbocycles. The zero-order valence-electron chi connectivity index (χ0n) is 5.71. The first kappa shape index (κ1) is 11.7. The molecule has 0 aliphatic heterocycles. The van der Waals surface area contributed by atoms with Crippen molar-refractivity contribution in [1.29, 1.82) is 0 Å². The Morgan fingerprint density at radius 3 is 2.56 bits per heavy atom. The molecule has 0 heterocycles. The van der Waals surface area contributed by atoms with Crippen molar-refractivity contribution in [2.45, 2.75) is 0 Å². The number of aliphatic hydroxyl groups is 1. The van der Waals surface area contributed by atoms with E-state index in [4.69, 9.17) is 5.11 Å². The van der Waals surface area contributed by atoms with Gasteiger partial charge < -0.3 is 10.0 Å². The molecule has 9 heavy (non-hydrogen) atoms. The third kappa shape index (κ3) is 7.95. The smallest absolute Gasteiger partial charge is 0.0558 e. The van der Waals surface area contributed by atoms with Crippen LogP contribution in [0.15, 0.2) is 12.7 Å². The zero-order chi connectivity index (χ0) is 6.41. The van der Waals surface area contributed by atoms with Gasteiger partial charge >= 0.3 is 0 Å². The molecule has 0 radical (unpaired) electrons. The van der Waals surface area contributed by atoms with Gasteiger partial charge in [-0.2, -0.15) is 0 Å². The number of rotatable bonds is 4. The molecule has 0 amide bonds. The van der Waals surface area contributed by atoms with Gasteiger partial charge in [0.15, 0.2) is 0 Å². The SMILES string of the molecule is C=CCN(C)CCO.Cl. The minimum atomic E-state index is 0. The van der Waals surface area contributed by atoms with E-state index in [2.05, 4.69) is 6.58 Å². The lowest BCUT2D eigenvalue weighted by molar-refractivity contribution is 0.232. The maximum atomic E-state index is 8.39. The van der Waals surface area contributed by atoms with E-state index in [9.17, 15) is 0 Å². The molecular formula is C6H14ClNO. The summed E-state index contributed by atoms with van der Waals surface area (Å²) in [5.74, 6) is 0. The molecule has 3 heteroatoms. The largest absolute Gasteiger partial charge is 0.395 e. The van der Waals surface area contributed by atoms with Gasteiger partial charge in [-0.3, -0.25) is 0 Å². The molecule has 0 saturated carbocycles. The number of aliphatic hydroxyl groups excluding tert-OH is 1. The number of nitrogens with zero attached hydrogens (tertiary/aromatic N) is 1. The van der Waals surface area contributed by atoms with Gasteiger partial charge in [-0.05, 0) is 7.05 Å². The molecule has 0 fully saturated rings. The Hall–Kier alpha value is -0.0500. The second kappa shape index (κ2) is 7.95. The van der Waals surface area contributed by atoms with E-state index in [0.717, 1.165) is 13.1 Å². The molecule has 0 bridgehead atoms. The summed E-state index contributed by atoms with van der Waals surface area (Å²) in [5.41, 5.74) is 0. The lowest BCUT2D eigenvalue weighted by atomic mass is 10.5. The average Bonchev–Trinajstić information content (AvgIpc) is 1.68. The predicted molar refractivity (Wildman–Crippen MR) is 42.0 cm³/mol. The van der Waals surface area contributed by atoms with Gasteiger partial charge in [-0.15, -0.1) is 19.0 Å². The van der Waals surface area contributed by atoms with Crippen LogP contribution in [-0.2, 0) is 0 Å². The van der Waals surface area contributed by atoms with Gasteiger partial charge in [-0.25, -0.2) is 0 Å². The van der Waals surface area contributed by atoms with Crippen molar-refractivity contribution in [2.24, 2.45) is 0 Å². The standard InChI is InChI=1S/C6H13NO.ClH/c1-3-4-7(2)5-6-8;/h3,8H,1,4-6H2,2H3;1H. The van der Waals surface area contributed by atoms with Crippen LogP contribution in [0.5, 0.6) is 0 Å². The van der Waals surface area contributed by atoms with E-state index < -0.39 is 0 Å². The fourth-order valence-corrected chi connectivity index (χ4v) is 0.482. The highest BCUT2D eigenvalue weighted by Gasteiger charge is 1.89. The van der Waals surface area contributed by atoms with Crippen molar-refractivity contribution < 1.29 is 5.11 Å². The monoisotopic (exact) mass is 151 g/mol. The Kier molecular flexibility index (Phi) is 10.3. The summed E-state index contributed by atoms with van der Waals surface area (Å²) in [6.07, 6.45) is 1.82. The van der Waals surface area contributed by atoms with Gasteiger partial charge in [0.05, 0.1) is 6.61 Å². The molecule has 0 saturated heterocycles. The summed E-state index contributed by atoms with van der Waals surface area (Å²) < 4.78 is 0. The Bertz CT molecular complexity index is 68.1. The highest BCUT2D eigenvalue weighted by molar-refractivity contribution is 5.85. The fourth-order valence-electron chi connectivity index (χ4n) is 0.482. The van der Waals surface area contributed by atoms with Crippen LogP contribution in [0.25, 0.3) is 0 Å². The third-order valence-electron chi connectivity index (χ3n) is 0.922. The molecule has 0 aliphatic rings. The molecule has 56 valence electrons. The van der Waals surface area contributed by atoms with Gasteiger partial charge in [0.1, 0.15) is 0 Å². The summed E-state index contributed by atoms with van der Waals surface area (Å²) in [7, 11) is 1.94. The van der Waals surface area contributed by atoms with Crippen molar-refractivity contribution in [2.75, 3.05) is 26.7 Å². The molecular weight excluding hydrogens is 138 g/mol. The summed E-state index contributed by atoms with van der Waals surface area (Å²) in [6.45, 7) is 5.36. The van der Waals surface area contributed by atoms with Crippen LogP contribution in [0.2, 0.25) is 0 Å². The second-order valence-corrected chi connectivity index (χ2v) is 1.77. The molecule has 0 spiro atoms. The first-order chi connectivity index (χ1) is 3.81. The van der Waals surface area contributed by atoms with E-state index in [1.165, 1.54) is 0 Å². The second-order valence-electron chi connectivity index (χ2n) is 1.77. The van der Waals surface area contributed by atoms with Crippen LogP contribution >= 0.6 is 12.4 Å². The maximum Gasteiger partial charge on any atom is 0.0558 e. The zero-order valence-corrected chi connectivity index (χ0v) is 6.52. The quantitative estimate of drug-likeness (QED) is 0.593. The van der Waals surface area contributed by atoms with E-state index >= 15 is 0 Å². The van der Waals surface area contributed by atoms with Crippen molar-refractivity contribution in [3.8, 4) is 0 Å². The third-order valence-corrected chi connectivity index (χ3v) is 0.922. The Labute approximate surface area is 62.6 Å². The van der Waals surface area contributed by atoms with E-state index in [-0.39, 0.29) is 19.0 Å². The van der Waals surface area contributed by atoms with Crippen LogP contribution in [-0.4, -0.2) is 36.8 Å². The van der Waals surface area contributed by atoms with Crippen molar-refractivity contribution in [3.63, 3.8) is 0 Å². The van der Waals surface area contributed by atoms with Crippen LogP contribution in [0.4, 0.5) is 0 Å². The van der Waals surface area contributed by atoms with Gasteiger partial charge in [0, 0.05) is 13.1 Å². The maximum absolute atomic E-state index is 8.39. The van der Waals surface area contributed by atoms with Crippen LogP contribution in [0.1, 0.15) is 0 Å². The number of hydrogen-bond acceptors (Lipinski definition) is 2. The van der Waals surface area contributed by atoms with Crippen molar-refractivity contribution in [3.05, 3.63) is 12.7 Å². The summed E-state index contributed by atoms with van der Waals surface area (Å²) in [5, 5.41) is 8.39. The van der Waals surface area contributed by atoms with Crippen molar-refractivity contribution in [1.82, 2.24) is 4.90 Å². The van der Waals surface area contributed by atoms with Gasteiger partial charge in [0.2, 0.25) is 0 Å². The highest BCUT2D eigenvalue weighted by atomic mass is 35.5. The Morgan fingerprint density at radius 2 is 2.22 bits per heavy atom. The van der Waals surface area contributed by atoms with Crippen molar-refractivity contribution >= 4 is 12.4 Å². The van der Waals surface area contributed by atoms with Gasteiger partial charge in [0.25, 0.3) is 0 Å². The van der Waals surface area contributed by atoms with E-state index in [1.54, 1.807) is 0 Å². The summed E-state index contributed by atoms with van der Waals surface area (Å²) in [4.78, 5) is 1.99. The molecule has 0 aromatic rings. The Morgan fingerprint density at radius 1 is 1.67 bits per heavy atom. The topological polar surface area (TPSA) is 23.5 Å². The van der Waals surface area contributed by atoms with E-state index in [0.29, 0.717) is 0 Å². The lowest BCUT2D eigenvalue weighted by Gasteiger charge is -2.10. The predicted octanol–water partition coefficient (Wildman–Crippen LogP) is 0.518. The number of halogens is 1. The highest BCUT2D eigenvalue weighted by Crippen LogP contribution is 1.78. The molecule has 1 N–H and O–H groups in total. The van der Waals surface area contributed by atoms with Crippen LogP contribution in [0, 0.1) is 0 Å². The first-order valence-corrected chi connectivity index (χ1v) is 2.71. The normalized spacial score (nSPS) is 8.78. The molecule has 0 aromatic heterocycles. The molecule has 2 nitrogen and oxygen atoms in total. The molecule has 0 atom stereocenters. The fraction of sp³-hybridized carbons (Fsp3) is 0.667. The van der Waals surface area contributed by atoms with Crippen LogP contribution < -0.4 is 0 Å². The first-order valence-electron chi connectivity index (χ1n) is 2.71. The summed E-state index contributed by atoms with van der Waals surface area (Å²) in [6, 6.07) is 0. The molecule has 0 unspecified atom stereocenters. The number of likely N-dealkylation sites (N-methyl/N-ethyl adjacent to an activating group) is 1. The van der Waals surface area contributed by atoms with Gasteiger partial charge in [-0.1, -0.05) is 6.08 Å². The average molecular weight is 152 g/mol. The molecule has 0 rings (SSSR count). The minimum absolute atomic E-state index is 0. The molecule has 0 aromatic carbocycles. The van der Waals surface area contributed by atoms with E-state index in [1.807, 2.05) is 18.0 Å². The lowest BCUT2D eigenvalue weighted by Crippen LogP contribution is -2.21.